The van der Waals surface area contributed by atoms with Crippen molar-refractivity contribution in [3.63, 3.8) is 0 Å². The van der Waals surface area contributed by atoms with E-state index in [1.807, 2.05) is 14.1 Å². The van der Waals surface area contributed by atoms with Crippen LogP contribution in [0.4, 0.5) is 0 Å². The van der Waals surface area contributed by atoms with Crippen molar-refractivity contribution in [1.82, 2.24) is 10.2 Å². The maximum Gasteiger partial charge on any atom is 0.0369 e. The van der Waals surface area contributed by atoms with Gasteiger partial charge >= 0.3 is 0 Å². The monoisotopic (exact) mass is 142 g/mol. The minimum atomic E-state index is 0.931. The minimum absolute atomic E-state index is 0.931. The summed E-state index contributed by atoms with van der Waals surface area (Å²) < 4.78 is 0. The Bertz CT molecular complexity index is 97.4. The Balaban J connectivity index is 3.26. The van der Waals surface area contributed by atoms with Gasteiger partial charge in [-0.05, 0) is 20.5 Å². The summed E-state index contributed by atoms with van der Waals surface area (Å²) in [6.45, 7) is 7.99. The van der Waals surface area contributed by atoms with E-state index in [1.165, 1.54) is 0 Å². The Kier molecular flexibility index (Phi) is 5.03. The third kappa shape index (κ3) is 5.63. The molecule has 2 heteroatoms. The Morgan fingerprint density at radius 1 is 1.50 bits per heavy atom. The lowest BCUT2D eigenvalue weighted by atomic mass is 10.4. The lowest BCUT2D eigenvalue weighted by Crippen LogP contribution is -2.24. The molecule has 0 aromatic rings. The van der Waals surface area contributed by atoms with Gasteiger partial charge in [-0.1, -0.05) is 13.5 Å². The lowest BCUT2D eigenvalue weighted by molar-refractivity contribution is 0.433. The number of likely N-dealkylation sites (N-methyl/N-ethyl adjacent to an activating group) is 1. The molecule has 0 amide bonds. The van der Waals surface area contributed by atoms with Crippen LogP contribution in [0.5, 0.6) is 0 Å². The summed E-state index contributed by atoms with van der Waals surface area (Å²) in [5.74, 6) is 0. The molecule has 1 N–H and O–H groups in total. The van der Waals surface area contributed by atoms with Crippen LogP contribution in [0.15, 0.2) is 12.3 Å². The first kappa shape index (κ1) is 9.50. The maximum atomic E-state index is 3.88. The van der Waals surface area contributed by atoms with Gasteiger partial charge in [0.05, 0.1) is 0 Å². The van der Waals surface area contributed by atoms with Crippen LogP contribution < -0.4 is 5.32 Å². The molecule has 0 aliphatic carbocycles. The van der Waals surface area contributed by atoms with E-state index in [9.17, 15) is 0 Å². The molecule has 0 heterocycles. The second-order valence-electron chi connectivity index (χ2n) is 2.77. The van der Waals surface area contributed by atoms with Gasteiger partial charge in [-0.2, -0.15) is 0 Å². The van der Waals surface area contributed by atoms with Crippen LogP contribution in [-0.2, 0) is 0 Å². The Morgan fingerprint density at radius 2 is 2.10 bits per heavy atom. The number of nitrogens with one attached hydrogen (secondary N) is 1. The van der Waals surface area contributed by atoms with Crippen molar-refractivity contribution >= 4 is 0 Å². The van der Waals surface area contributed by atoms with Crippen LogP contribution in [0.1, 0.15) is 13.3 Å². The SMILES string of the molecule is C=C(CN(C)C)NCCC. The largest absolute Gasteiger partial charge is 0.388 e. The average Bonchev–Trinajstić information content (AvgIpc) is 1.82. The highest BCUT2D eigenvalue weighted by atomic mass is 15.1. The second-order valence-corrected chi connectivity index (χ2v) is 2.77. The molecule has 0 aliphatic rings. The summed E-state index contributed by atoms with van der Waals surface area (Å²) in [4.78, 5) is 2.10. The number of hydrogen-bond acceptors (Lipinski definition) is 2. The van der Waals surface area contributed by atoms with Gasteiger partial charge in [0.1, 0.15) is 0 Å². The van der Waals surface area contributed by atoms with Gasteiger partial charge in [0, 0.05) is 18.8 Å². The topological polar surface area (TPSA) is 15.3 Å². The third-order valence-corrected chi connectivity index (χ3v) is 1.13. The van der Waals surface area contributed by atoms with E-state index >= 15 is 0 Å². The molecule has 0 radical (unpaired) electrons. The van der Waals surface area contributed by atoms with Gasteiger partial charge in [-0.3, -0.25) is 0 Å². The zero-order chi connectivity index (χ0) is 7.98. The summed E-state index contributed by atoms with van der Waals surface area (Å²) in [6, 6.07) is 0. The predicted octanol–water partition coefficient (Wildman–Crippen LogP) is 1.06. The smallest absolute Gasteiger partial charge is 0.0369 e. The Hall–Kier alpha value is -0.500. The molecule has 2 nitrogen and oxygen atoms in total. The minimum Gasteiger partial charge on any atom is -0.388 e. The molecular formula is C8H18N2. The molecule has 0 aliphatic heterocycles. The second kappa shape index (κ2) is 5.30. The molecule has 60 valence electrons. The Morgan fingerprint density at radius 3 is 2.50 bits per heavy atom. The van der Waals surface area contributed by atoms with Crippen molar-refractivity contribution in [3.05, 3.63) is 12.3 Å². The summed E-state index contributed by atoms with van der Waals surface area (Å²) in [7, 11) is 4.08. The first-order valence-corrected chi connectivity index (χ1v) is 3.73. The molecule has 0 bridgehead atoms. The fourth-order valence-electron chi connectivity index (χ4n) is 0.739. The van der Waals surface area contributed by atoms with Crippen molar-refractivity contribution in [1.29, 1.82) is 0 Å². The van der Waals surface area contributed by atoms with Crippen LogP contribution in [0.3, 0.4) is 0 Å². The van der Waals surface area contributed by atoms with Crippen LogP contribution in [0.25, 0.3) is 0 Å². The van der Waals surface area contributed by atoms with E-state index in [4.69, 9.17) is 0 Å². The fourth-order valence-corrected chi connectivity index (χ4v) is 0.739. The van der Waals surface area contributed by atoms with Crippen LogP contribution >= 0.6 is 0 Å². The van der Waals surface area contributed by atoms with Crippen molar-refractivity contribution < 1.29 is 0 Å². The van der Waals surface area contributed by atoms with Crippen molar-refractivity contribution in [3.8, 4) is 0 Å². The van der Waals surface area contributed by atoms with E-state index in [0.717, 1.165) is 25.2 Å². The highest BCUT2D eigenvalue weighted by Crippen LogP contribution is 1.86. The molecule has 0 atom stereocenters. The van der Waals surface area contributed by atoms with E-state index in [0.29, 0.717) is 0 Å². The summed E-state index contributed by atoms with van der Waals surface area (Å²) >= 11 is 0. The van der Waals surface area contributed by atoms with E-state index in [1.54, 1.807) is 0 Å². The Labute approximate surface area is 63.9 Å². The number of nitrogens with zero attached hydrogens (tertiary/aromatic N) is 1. The molecular weight excluding hydrogens is 124 g/mol. The zero-order valence-corrected chi connectivity index (χ0v) is 7.28. The zero-order valence-electron chi connectivity index (χ0n) is 7.28. The van der Waals surface area contributed by atoms with E-state index in [-0.39, 0.29) is 0 Å². The van der Waals surface area contributed by atoms with Crippen LogP contribution in [0.2, 0.25) is 0 Å². The van der Waals surface area contributed by atoms with Crippen molar-refractivity contribution in [2.45, 2.75) is 13.3 Å². The molecule has 0 aromatic heterocycles. The van der Waals surface area contributed by atoms with Crippen LogP contribution in [-0.4, -0.2) is 32.1 Å². The first-order valence-electron chi connectivity index (χ1n) is 3.73. The quantitative estimate of drug-likeness (QED) is 0.617. The van der Waals surface area contributed by atoms with Gasteiger partial charge < -0.3 is 10.2 Å². The summed E-state index contributed by atoms with van der Waals surface area (Å²) in [5.41, 5.74) is 1.10. The highest BCUT2D eigenvalue weighted by Gasteiger charge is 1.92. The maximum absolute atomic E-state index is 3.88. The molecule has 10 heavy (non-hydrogen) atoms. The van der Waals surface area contributed by atoms with E-state index in [2.05, 4.69) is 23.7 Å². The molecule has 0 saturated carbocycles. The fraction of sp³-hybridized carbons (Fsp3) is 0.750. The lowest BCUT2D eigenvalue weighted by Gasteiger charge is -2.13. The molecule has 0 rings (SSSR count). The standard InChI is InChI=1S/C8H18N2/c1-5-6-9-8(2)7-10(3)4/h9H,2,5-7H2,1,3-4H3. The van der Waals surface area contributed by atoms with Crippen LogP contribution in [0, 0.1) is 0 Å². The highest BCUT2D eigenvalue weighted by molar-refractivity contribution is 4.92. The molecule has 0 spiro atoms. The van der Waals surface area contributed by atoms with Gasteiger partial charge in [0.2, 0.25) is 0 Å². The van der Waals surface area contributed by atoms with Gasteiger partial charge in [0.15, 0.2) is 0 Å². The van der Waals surface area contributed by atoms with Gasteiger partial charge in [0.25, 0.3) is 0 Å². The third-order valence-electron chi connectivity index (χ3n) is 1.13. The molecule has 0 saturated heterocycles. The molecule has 0 aromatic carbocycles. The summed E-state index contributed by atoms with van der Waals surface area (Å²) in [6.07, 6.45) is 1.16. The molecule has 0 unspecified atom stereocenters. The average molecular weight is 142 g/mol. The number of rotatable bonds is 5. The van der Waals surface area contributed by atoms with Crippen molar-refractivity contribution in [2.75, 3.05) is 27.2 Å². The normalized spacial score (nSPS) is 10.0. The van der Waals surface area contributed by atoms with Gasteiger partial charge in [-0.25, -0.2) is 0 Å². The number of hydrogen-bond donors (Lipinski definition) is 1. The summed E-state index contributed by atoms with van der Waals surface area (Å²) in [5, 5.41) is 3.23. The predicted molar refractivity (Wildman–Crippen MR) is 46.0 cm³/mol. The first-order chi connectivity index (χ1) is 4.66. The van der Waals surface area contributed by atoms with E-state index < -0.39 is 0 Å². The van der Waals surface area contributed by atoms with Crippen molar-refractivity contribution in [2.24, 2.45) is 0 Å². The van der Waals surface area contributed by atoms with Gasteiger partial charge in [-0.15, -0.1) is 0 Å². The molecule has 0 fully saturated rings.